The highest BCUT2D eigenvalue weighted by molar-refractivity contribution is 8.00. The zero-order valence-corrected chi connectivity index (χ0v) is 11.8. The zero-order chi connectivity index (χ0) is 14.5. The molecule has 0 saturated heterocycles. The maximum absolute atomic E-state index is 13.4. The Bertz CT molecular complexity index is 636. The molecular formula is C14H10ClF2NOS. The third-order valence-corrected chi connectivity index (χ3v) is 3.63. The van der Waals surface area contributed by atoms with Crippen molar-refractivity contribution in [3.8, 4) is 0 Å². The van der Waals surface area contributed by atoms with Crippen LogP contribution in [0.1, 0.15) is 0 Å². The van der Waals surface area contributed by atoms with Gasteiger partial charge in [0.2, 0.25) is 5.91 Å². The van der Waals surface area contributed by atoms with E-state index in [0.717, 1.165) is 30.0 Å². The molecule has 2 rings (SSSR count). The Morgan fingerprint density at radius 2 is 2.00 bits per heavy atom. The van der Waals surface area contributed by atoms with E-state index in [1.807, 2.05) is 0 Å². The lowest BCUT2D eigenvalue weighted by molar-refractivity contribution is -0.113. The summed E-state index contributed by atoms with van der Waals surface area (Å²) in [5.41, 5.74) is 0.558. The number of thioether (sulfide) groups is 1. The summed E-state index contributed by atoms with van der Waals surface area (Å²) in [6.07, 6.45) is 0. The Balaban J connectivity index is 1.94. The summed E-state index contributed by atoms with van der Waals surface area (Å²) < 4.78 is 26.3. The smallest absolute Gasteiger partial charge is 0.234 e. The number of amides is 1. The van der Waals surface area contributed by atoms with E-state index in [1.54, 1.807) is 24.3 Å². The van der Waals surface area contributed by atoms with Gasteiger partial charge in [-0.05, 0) is 36.4 Å². The molecule has 2 aromatic rings. The van der Waals surface area contributed by atoms with Crippen LogP contribution >= 0.6 is 23.4 Å². The molecule has 0 aromatic heterocycles. The molecule has 0 aliphatic heterocycles. The Kier molecular flexibility index (Phi) is 4.98. The van der Waals surface area contributed by atoms with Crippen molar-refractivity contribution in [3.05, 3.63) is 59.1 Å². The SMILES string of the molecule is O=C(CSc1cc(F)ccc1F)Nc1cccc(Cl)c1. The molecule has 0 unspecified atom stereocenters. The molecule has 0 saturated carbocycles. The molecule has 0 heterocycles. The summed E-state index contributed by atoms with van der Waals surface area (Å²) in [6.45, 7) is 0. The van der Waals surface area contributed by atoms with E-state index in [2.05, 4.69) is 5.32 Å². The van der Waals surface area contributed by atoms with Crippen molar-refractivity contribution in [3.63, 3.8) is 0 Å². The molecule has 2 nitrogen and oxygen atoms in total. The molecule has 0 spiro atoms. The highest BCUT2D eigenvalue weighted by atomic mass is 35.5. The highest BCUT2D eigenvalue weighted by Gasteiger charge is 2.08. The lowest BCUT2D eigenvalue weighted by atomic mass is 10.3. The third-order valence-electron chi connectivity index (χ3n) is 2.36. The summed E-state index contributed by atoms with van der Waals surface area (Å²) in [5, 5.41) is 3.13. The first-order chi connectivity index (χ1) is 9.54. The topological polar surface area (TPSA) is 29.1 Å². The van der Waals surface area contributed by atoms with Crippen LogP contribution in [-0.2, 0) is 4.79 Å². The van der Waals surface area contributed by atoms with Crippen LogP contribution in [0.2, 0.25) is 5.02 Å². The Morgan fingerprint density at radius 3 is 2.75 bits per heavy atom. The van der Waals surface area contributed by atoms with Crippen LogP contribution in [0.3, 0.4) is 0 Å². The minimum Gasteiger partial charge on any atom is -0.325 e. The number of carbonyl (C=O) groups excluding carboxylic acids is 1. The van der Waals surface area contributed by atoms with E-state index in [-0.39, 0.29) is 16.6 Å². The molecule has 1 amide bonds. The minimum atomic E-state index is -0.549. The van der Waals surface area contributed by atoms with Crippen LogP contribution in [0.15, 0.2) is 47.4 Å². The van der Waals surface area contributed by atoms with Gasteiger partial charge in [0, 0.05) is 15.6 Å². The van der Waals surface area contributed by atoms with Gasteiger partial charge in [0.1, 0.15) is 11.6 Å². The summed E-state index contributed by atoms with van der Waals surface area (Å²) in [7, 11) is 0. The van der Waals surface area contributed by atoms with Gasteiger partial charge >= 0.3 is 0 Å². The Morgan fingerprint density at radius 1 is 1.20 bits per heavy atom. The van der Waals surface area contributed by atoms with Crippen molar-refractivity contribution in [1.82, 2.24) is 0 Å². The zero-order valence-electron chi connectivity index (χ0n) is 10.2. The second kappa shape index (κ2) is 6.72. The number of benzene rings is 2. The molecule has 0 radical (unpaired) electrons. The van der Waals surface area contributed by atoms with E-state index >= 15 is 0 Å². The molecular weight excluding hydrogens is 304 g/mol. The number of hydrogen-bond acceptors (Lipinski definition) is 2. The lowest BCUT2D eigenvalue weighted by Crippen LogP contribution is -2.14. The first-order valence-electron chi connectivity index (χ1n) is 5.68. The molecule has 20 heavy (non-hydrogen) atoms. The second-order valence-electron chi connectivity index (χ2n) is 3.92. The summed E-state index contributed by atoms with van der Waals surface area (Å²) in [6, 6.07) is 9.82. The van der Waals surface area contributed by atoms with Crippen LogP contribution in [0, 0.1) is 11.6 Å². The summed E-state index contributed by atoms with van der Waals surface area (Å²) >= 11 is 6.72. The third kappa shape index (κ3) is 4.21. The number of halogens is 3. The lowest BCUT2D eigenvalue weighted by Gasteiger charge is -2.06. The second-order valence-corrected chi connectivity index (χ2v) is 5.38. The van der Waals surface area contributed by atoms with Crippen LogP contribution < -0.4 is 5.32 Å². The van der Waals surface area contributed by atoms with Crippen LogP contribution in [-0.4, -0.2) is 11.7 Å². The minimum absolute atomic E-state index is 0.0209. The molecule has 0 aliphatic carbocycles. The van der Waals surface area contributed by atoms with E-state index < -0.39 is 11.6 Å². The molecule has 0 bridgehead atoms. The van der Waals surface area contributed by atoms with E-state index in [9.17, 15) is 13.6 Å². The van der Waals surface area contributed by atoms with Crippen molar-refractivity contribution < 1.29 is 13.6 Å². The van der Waals surface area contributed by atoms with Crippen LogP contribution in [0.5, 0.6) is 0 Å². The van der Waals surface area contributed by atoms with Gasteiger partial charge in [-0.2, -0.15) is 0 Å². The molecule has 0 fully saturated rings. The van der Waals surface area contributed by atoms with Gasteiger partial charge in [0.15, 0.2) is 0 Å². The average Bonchev–Trinajstić information content (AvgIpc) is 2.40. The molecule has 0 atom stereocenters. The molecule has 2 aromatic carbocycles. The van der Waals surface area contributed by atoms with Crippen LogP contribution in [0.25, 0.3) is 0 Å². The monoisotopic (exact) mass is 313 g/mol. The van der Waals surface area contributed by atoms with Crippen molar-refractivity contribution in [1.29, 1.82) is 0 Å². The summed E-state index contributed by atoms with van der Waals surface area (Å²) in [5.74, 6) is -1.43. The Labute approximate surface area is 124 Å². The largest absolute Gasteiger partial charge is 0.325 e. The average molecular weight is 314 g/mol. The number of rotatable bonds is 4. The standard InChI is InChI=1S/C14H10ClF2NOS/c15-9-2-1-3-11(6-9)18-14(19)8-20-13-7-10(16)4-5-12(13)17/h1-7H,8H2,(H,18,19). The molecule has 6 heteroatoms. The fourth-order valence-corrected chi connectivity index (χ4v) is 2.45. The van der Waals surface area contributed by atoms with E-state index in [0.29, 0.717) is 10.7 Å². The molecule has 104 valence electrons. The first kappa shape index (κ1) is 14.8. The predicted molar refractivity (Wildman–Crippen MR) is 77.2 cm³/mol. The fourth-order valence-electron chi connectivity index (χ4n) is 1.49. The maximum Gasteiger partial charge on any atom is 0.234 e. The predicted octanol–water partition coefficient (Wildman–Crippen LogP) is 4.35. The highest BCUT2D eigenvalue weighted by Crippen LogP contribution is 2.23. The van der Waals surface area contributed by atoms with Gasteiger partial charge in [-0.25, -0.2) is 8.78 Å². The van der Waals surface area contributed by atoms with E-state index in [4.69, 9.17) is 11.6 Å². The number of nitrogens with one attached hydrogen (secondary N) is 1. The Hall–Kier alpha value is -1.59. The van der Waals surface area contributed by atoms with Gasteiger partial charge in [-0.15, -0.1) is 11.8 Å². The first-order valence-corrected chi connectivity index (χ1v) is 7.04. The van der Waals surface area contributed by atoms with Crippen molar-refractivity contribution >= 4 is 35.0 Å². The van der Waals surface area contributed by atoms with Crippen molar-refractivity contribution in [2.24, 2.45) is 0 Å². The van der Waals surface area contributed by atoms with Gasteiger partial charge in [0.05, 0.1) is 5.75 Å². The van der Waals surface area contributed by atoms with Crippen molar-refractivity contribution in [2.45, 2.75) is 4.90 Å². The van der Waals surface area contributed by atoms with Crippen molar-refractivity contribution in [2.75, 3.05) is 11.1 Å². The van der Waals surface area contributed by atoms with Crippen LogP contribution in [0.4, 0.5) is 14.5 Å². The maximum atomic E-state index is 13.4. The molecule has 0 aliphatic rings. The number of carbonyl (C=O) groups is 1. The van der Waals surface area contributed by atoms with Gasteiger partial charge < -0.3 is 5.32 Å². The number of anilines is 1. The quantitative estimate of drug-likeness (QED) is 0.850. The van der Waals surface area contributed by atoms with Gasteiger partial charge in [0.25, 0.3) is 0 Å². The summed E-state index contributed by atoms with van der Waals surface area (Å²) in [4.78, 5) is 11.8. The molecule has 1 N–H and O–H groups in total. The van der Waals surface area contributed by atoms with Gasteiger partial charge in [-0.1, -0.05) is 17.7 Å². The fraction of sp³-hybridized carbons (Fsp3) is 0.0714. The van der Waals surface area contributed by atoms with E-state index in [1.165, 1.54) is 0 Å². The van der Waals surface area contributed by atoms with Gasteiger partial charge in [-0.3, -0.25) is 4.79 Å². The normalized spacial score (nSPS) is 10.3. The number of hydrogen-bond donors (Lipinski definition) is 1.